The van der Waals surface area contributed by atoms with Crippen molar-refractivity contribution in [1.82, 2.24) is 20.4 Å². The topological polar surface area (TPSA) is 87.3 Å². The van der Waals surface area contributed by atoms with Gasteiger partial charge in [-0.05, 0) is 30.5 Å². The lowest BCUT2D eigenvalue weighted by molar-refractivity contribution is -0.132. The molecular formula is C21H28N4O3. The summed E-state index contributed by atoms with van der Waals surface area (Å²) in [5.74, 6) is 0.766. The summed E-state index contributed by atoms with van der Waals surface area (Å²) in [7, 11) is 1.64. The summed E-state index contributed by atoms with van der Waals surface area (Å²) in [5, 5.41) is 10.1. The first kappa shape index (κ1) is 19.9. The highest BCUT2D eigenvalue weighted by atomic mass is 16.5. The van der Waals surface area contributed by atoms with Crippen LogP contribution in [0.5, 0.6) is 5.75 Å². The number of hydrogen-bond donors (Lipinski definition) is 2. The Morgan fingerprint density at radius 2 is 2.07 bits per heavy atom. The second-order valence-corrected chi connectivity index (χ2v) is 7.05. The molecule has 0 fully saturated rings. The molecule has 150 valence electrons. The minimum Gasteiger partial charge on any atom is -0.497 e. The van der Waals surface area contributed by atoms with Crippen molar-refractivity contribution in [3.05, 3.63) is 46.8 Å². The van der Waals surface area contributed by atoms with Gasteiger partial charge < -0.3 is 15.0 Å². The van der Waals surface area contributed by atoms with Crippen molar-refractivity contribution < 1.29 is 14.3 Å². The zero-order chi connectivity index (χ0) is 19.9. The largest absolute Gasteiger partial charge is 0.497 e. The van der Waals surface area contributed by atoms with E-state index in [1.165, 1.54) is 0 Å². The third kappa shape index (κ3) is 4.71. The molecule has 0 atom stereocenters. The predicted octanol–water partition coefficient (Wildman–Crippen LogP) is 2.47. The maximum Gasteiger partial charge on any atom is 0.272 e. The van der Waals surface area contributed by atoms with Crippen molar-refractivity contribution in [2.24, 2.45) is 0 Å². The summed E-state index contributed by atoms with van der Waals surface area (Å²) in [6.07, 6.45) is 3.89. The molecule has 0 saturated carbocycles. The molecule has 1 aliphatic rings. The van der Waals surface area contributed by atoms with E-state index in [4.69, 9.17) is 4.74 Å². The normalized spacial score (nSPS) is 13.1. The highest BCUT2D eigenvalue weighted by molar-refractivity contribution is 5.94. The maximum atomic E-state index is 12.6. The van der Waals surface area contributed by atoms with Gasteiger partial charge in [-0.25, -0.2) is 0 Å². The molecular weight excluding hydrogens is 356 g/mol. The molecule has 0 spiro atoms. The number of aromatic amines is 1. The number of aromatic nitrogens is 2. The van der Waals surface area contributed by atoms with Crippen LogP contribution in [-0.4, -0.2) is 47.1 Å². The first-order chi connectivity index (χ1) is 13.6. The van der Waals surface area contributed by atoms with Crippen molar-refractivity contribution in [3.8, 4) is 5.75 Å². The van der Waals surface area contributed by atoms with Crippen molar-refractivity contribution in [2.75, 3.05) is 20.2 Å². The first-order valence-corrected chi connectivity index (χ1v) is 9.87. The van der Waals surface area contributed by atoms with E-state index in [0.29, 0.717) is 38.2 Å². The average molecular weight is 384 g/mol. The zero-order valence-electron chi connectivity index (χ0n) is 16.6. The summed E-state index contributed by atoms with van der Waals surface area (Å²) in [6, 6.07) is 7.79. The summed E-state index contributed by atoms with van der Waals surface area (Å²) in [4.78, 5) is 26.8. The van der Waals surface area contributed by atoms with Gasteiger partial charge in [0, 0.05) is 43.7 Å². The number of rotatable bonds is 8. The predicted molar refractivity (Wildman–Crippen MR) is 106 cm³/mol. The van der Waals surface area contributed by atoms with Crippen LogP contribution < -0.4 is 10.1 Å². The highest BCUT2D eigenvalue weighted by Crippen LogP contribution is 2.21. The monoisotopic (exact) mass is 384 g/mol. The van der Waals surface area contributed by atoms with E-state index in [0.717, 1.165) is 41.8 Å². The van der Waals surface area contributed by atoms with Gasteiger partial charge in [-0.2, -0.15) is 5.10 Å². The second kappa shape index (κ2) is 9.39. The van der Waals surface area contributed by atoms with Gasteiger partial charge in [0.15, 0.2) is 5.69 Å². The van der Waals surface area contributed by atoms with Crippen molar-refractivity contribution in [3.63, 3.8) is 0 Å². The molecule has 1 aromatic carbocycles. The Labute approximate surface area is 165 Å². The third-order valence-electron chi connectivity index (χ3n) is 5.10. The van der Waals surface area contributed by atoms with Gasteiger partial charge in [0.25, 0.3) is 5.91 Å². The Hall–Kier alpha value is -2.83. The molecule has 1 aliphatic heterocycles. The van der Waals surface area contributed by atoms with Crippen LogP contribution in [-0.2, 0) is 24.2 Å². The fourth-order valence-electron chi connectivity index (χ4n) is 3.38. The number of carbonyl (C=O) groups is 2. The number of methoxy groups -OCH3 is 1. The van der Waals surface area contributed by atoms with Gasteiger partial charge in [0.05, 0.1) is 7.11 Å². The third-order valence-corrected chi connectivity index (χ3v) is 5.10. The summed E-state index contributed by atoms with van der Waals surface area (Å²) < 4.78 is 5.15. The second-order valence-electron chi connectivity index (χ2n) is 7.05. The van der Waals surface area contributed by atoms with E-state index in [9.17, 15) is 9.59 Å². The van der Waals surface area contributed by atoms with E-state index in [-0.39, 0.29) is 11.8 Å². The van der Waals surface area contributed by atoms with Gasteiger partial charge in [0.1, 0.15) is 5.75 Å². The number of nitrogens with zero attached hydrogens (tertiary/aromatic N) is 2. The molecule has 0 bridgehead atoms. The minimum absolute atomic E-state index is 0.152. The Morgan fingerprint density at radius 1 is 1.29 bits per heavy atom. The molecule has 3 rings (SSSR count). The van der Waals surface area contributed by atoms with E-state index >= 15 is 0 Å². The van der Waals surface area contributed by atoms with Crippen LogP contribution in [0.4, 0.5) is 0 Å². The fraction of sp³-hybridized carbons (Fsp3) is 0.476. The van der Waals surface area contributed by atoms with E-state index in [1.807, 2.05) is 29.2 Å². The molecule has 2 amide bonds. The molecule has 0 radical (unpaired) electrons. The summed E-state index contributed by atoms with van der Waals surface area (Å²) in [5.41, 5.74) is 3.33. The number of nitrogens with one attached hydrogen (secondary N) is 2. The zero-order valence-corrected chi connectivity index (χ0v) is 16.6. The van der Waals surface area contributed by atoms with Crippen LogP contribution in [0.15, 0.2) is 24.3 Å². The van der Waals surface area contributed by atoms with Crippen molar-refractivity contribution >= 4 is 11.8 Å². The summed E-state index contributed by atoms with van der Waals surface area (Å²) in [6.45, 7) is 3.73. The number of ether oxygens (including phenoxy) is 1. The first-order valence-electron chi connectivity index (χ1n) is 9.87. The van der Waals surface area contributed by atoms with Crippen LogP contribution in [0.3, 0.4) is 0 Å². The molecule has 2 N–H and O–H groups in total. The lowest BCUT2D eigenvalue weighted by Crippen LogP contribution is -2.37. The van der Waals surface area contributed by atoms with Crippen LogP contribution >= 0.6 is 0 Å². The Bertz CT molecular complexity index is 814. The Balaban J connectivity index is 1.56. The van der Waals surface area contributed by atoms with Crippen LogP contribution in [0.25, 0.3) is 0 Å². The van der Waals surface area contributed by atoms with E-state index < -0.39 is 0 Å². The number of H-pyrrole nitrogens is 1. The van der Waals surface area contributed by atoms with Crippen molar-refractivity contribution in [1.29, 1.82) is 0 Å². The highest BCUT2D eigenvalue weighted by Gasteiger charge is 2.27. The molecule has 7 nitrogen and oxygen atoms in total. The smallest absolute Gasteiger partial charge is 0.272 e. The average Bonchev–Trinajstić information content (AvgIpc) is 3.15. The van der Waals surface area contributed by atoms with Gasteiger partial charge >= 0.3 is 0 Å². The molecule has 28 heavy (non-hydrogen) atoms. The standard InChI is InChI=1S/C21H28N4O3/c1-3-4-5-19(26)25-13-11-18-17(14-25)20(24-23-18)21(27)22-12-10-15-6-8-16(28-2)9-7-15/h6-9H,3-5,10-14H2,1-2H3,(H,22,27)(H,23,24). The van der Waals surface area contributed by atoms with Gasteiger partial charge in [-0.3, -0.25) is 14.7 Å². The van der Waals surface area contributed by atoms with Crippen LogP contribution in [0.1, 0.15) is 53.5 Å². The van der Waals surface area contributed by atoms with E-state index in [2.05, 4.69) is 22.4 Å². The fourth-order valence-corrected chi connectivity index (χ4v) is 3.38. The number of fused-ring (bicyclic) bond motifs is 1. The van der Waals surface area contributed by atoms with Gasteiger partial charge in [-0.1, -0.05) is 25.5 Å². The molecule has 1 aromatic heterocycles. The van der Waals surface area contributed by atoms with Crippen LogP contribution in [0.2, 0.25) is 0 Å². The molecule has 0 saturated heterocycles. The molecule has 7 heteroatoms. The number of benzene rings is 1. The molecule has 2 aromatic rings. The Kier molecular flexibility index (Phi) is 6.68. The number of unbranched alkanes of at least 4 members (excludes halogenated alkanes) is 1. The van der Waals surface area contributed by atoms with Gasteiger partial charge in [0.2, 0.25) is 5.91 Å². The van der Waals surface area contributed by atoms with Crippen LogP contribution in [0, 0.1) is 0 Å². The number of carbonyl (C=O) groups excluding carboxylic acids is 2. The Morgan fingerprint density at radius 3 is 2.79 bits per heavy atom. The minimum atomic E-state index is -0.200. The van der Waals surface area contributed by atoms with Crippen molar-refractivity contribution in [2.45, 2.75) is 45.6 Å². The lowest BCUT2D eigenvalue weighted by atomic mass is 10.0. The van der Waals surface area contributed by atoms with Gasteiger partial charge in [-0.15, -0.1) is 0 Å². The number of hydrogen-bond acceptors (Lipinski definition) is 4. The molecule has 0 unspecified atom stereocenters. The molecule has 0 aliphatic carbocycles. The quantitative estimate of drug-likeness (QED) is 0.732. The molecule has 2 heterocycles. The maximum absolute atomic E-state index is 12.6. The summed E-state index contributed by atoms with van der Waals surface area (Å²) >= 11 is 0. The van der Waals surface area contributed by atoms with E-state index in [1.54, 1.807) is 7.11 Å². The lowest BCUT2D eigenvalue weighted by Gasteiger charge is -2.27. The number of amides is 2. The SMILES string of the molecule is CCCCC(=O)N1CCc2[nH]nc(C(=O)NCCc3ccc(OC)cc3)c2C1.